The molecule has 134 valence electrons. The molecule has 0 bridgehead atoms. The second-order valence-electron chi connectivity index (χ2n) is 6.45. The number of piperidine rings is 1. The Morgan fingerprint density at radius 1 is 1.15 bits per heavy atom. The normalized spacial score (nSPS) is 15.2. The van der Waals surface area contributed by atoms with Crippen LogP contribution in [-0.2, 0) is 0 Å². The lowest BCUT2D eigenvalue weighted by Crippen LogP contribution is -2.35. The molecule has 2 heterocycles. The average Bonchev–Trinajstić information content (AvgIpc) is 2.68. The van der Waals surface area contributed by atoms with Crippen molar-refractivity contribution in [2.24, 2.45) is 0 Å². The molecule has 0 amide bonds. The summed E-state index contributed by atoms with van der Waals surface area (Å²) in [5.74, 6) is 1.41. The van der Waals surface area contributed by atoms with Gasteiger partial charge in [0.1, 0.15) is 5.75 Å². The van der Waals surface area contributed by atoms with Crippen LogP contribution in [0.15, 0.2) is 42.6 Å². The number of benzene rings is 2. The van der Waals surface area contributed by atoms with Crippen molar-refractivity contribution in [1.82, 2.24) is 15.3 Å². The number of rotatable bonds is 4. The van der Waals surface area contributed by atoms with Gasteiger partial charge in [0.2, 0.25) is 5.95 Å². The Balaban J connectivity index is 1.71. The molecule has 0 radical (unpaired) electrons. The minimum absolute atomic E-state index is 0.415. The molecule has 2 N–H and O–H groups in total. The maximum atomic E-state index is 6.37. The molecule has 4 rings (SSSR count). The number of nitrogens with zero attached hydrogens (tertiary/aromatic N) is 2. The number of ether oxygens (including phenoxy) is 1. The highest BCUT2D eigenvalue weighted by Gasteiger charge is 2.15. The summed E-state index contributed by atoms with van der Waals surface area (Å²) in [7, 11) is 1.66. The molecular weight excluding hydrogens is 348 g/mol. The highest BCUT2D eigenvalue weighted by Crippen LogP contribution is 2.37. The largest absolute Gasteiger partial charge is 0.496 e. The van der Waals surface area contributed by atoms with E-state index in [1.165, 1.54) is 0 Å². The van der Waals surface area contributed by atoms with E-state index in [1.54, 1.807) is 7.11 Å². The van der Waals surface area contributed by atoms with Crippen LogP contribution >= 0.6 is 11.6 Å². The van der Waals surface area contributed by atoms with Crippen LogP contribution in [-0.4, -0.2) is 36.2 Å². The SMILES string of the molecule is COc1cc2nc(NC3CCNCC3)ncc2cc1-c1ccccc1Cl. The molecule has 1 fully saturated rings. The van der Waals surface area contributed by atoms with Crippen molar-refractivity contribution in [3.05, 3.63) is 47.6 Å². The number of hydrogen-bond donors (Lipinski definition) is 2. The molecule has 26 heavy (non-hydrogen) atoms. The second-order valence-corrected chi connectivity index (χ2v) is 6.86. The highest BCUT2D eigenvalue weighted by atomic mass is 35.5. The third kappa shape index (κ3) is 3.45. The van der Waals surface area contributed by atoms with E-state index < -0.39 is 0 Å². The first-order valence-electron chi connectivity index (χ1n) is 8.81. The topological polar surface area (TPSA) is 59.1 Å². The number of halogens is 1. The van der Waals surface area contributed by atoms with Crippen LogP contribution in [0.3, 0.4) is 0 Å². The van der Waals surface area contributed by atoms with E-state index in [4.69, 9.17) is 16.3 Å². The van der Waals surface area contributed by atoms with Gasteiger partial charge in [0.25, 0.3) is 0 Å². The summed E-state index contributed by atoms with van der Waals surface area (Å²) in [6.45, 7) is 2.06. The Morgan fingerprint density at radius 2 is 1.96 bits per heavy atom. The van der Waals surface area contributed by atoms with Gasteiger partial charge in [-0.15, -0.1) is 0 Å². The van der Waals surface area contributed by atoms with Crippen LogP contribution in [0.25, 0.3) is 22.0 Å². The Labute approximate surface area is 157 Å². The summed E-state index contributed by atoms with van der Waals surface area (Å²) in [5.41, 5.74) is 2.72. The Bertz CT molecular complexity index is 925. The fraction of sp³-hybridized carbons (Fsp3) is 0.300. The third-order valence-corrected chi connectivity index (χ3v) is 5.07. The lowest BCUT2D eigenvalue weighted by atomic mass is 10.0. The zero-order valence-electron chi connectivity index (χ0n) is 14.6. The lowest BCUT2D eigenvalue weighted by Gasteiger charge is -2.23. The Morgan fingerprint density at radius 3 is 2.73 bits per heavy atom. The number of anilines is 1. The van der Waals surface area contributed by atoms with E-state index in [2.05, 4.69) is 20.6 Å². The second kappa shape index (κ2) is 7.48. The summed E-state index contributed by atoms with van der Waals surface area (Å²) in [6.07, 6.45) is 4.01. The molecule has 0 atom stereocenters. The van der Waals surface area contributed by atoms with Crippen molar-refractivity contribution >= 4 is 28.5 Å². The van der Waals surface area contributed by atoms with Crippen LogP contribution < -0.4 is 15.4 Å². The molecule has 0 spiro atoms. The van der Waals surface area contributed by atoms with Crippen LogP contribution in [0.2, 0.25) is 5.02 Å². The van der Waals surface area contributed by atoms with Gasteiger partial charge in [-0.3, -0.25) is 0 Å². The molecular formula is C20H21ClN4O. The summed E-state index contributed by atoms with van der Waals surface area (Å²) < 4.78 is 5.60. The standard InChI is InChI=1S/C20H21ClN4O/c1-26-19-11-18-13(10-16(19)15-4-2-3-5-17(15)21)12-23-20(25-18)24-14-6-8-22-9-7-14/h2-5,10-12,14,22H,6-9H2,1H3,(H,23,24,25). The van der Waals surface area contributed by atoms with Gasteiger partial charge in [-0.2, -0.15) is 0 Å². The van der Waals surface area contributed by atoms with Gasteiger partial charge < -0.3 is 15.4 Å². The van der Waals surface area contributed by atoms with Gasteiger partial charge in [0, 0.05) is 39.8 Å². The predicted octanol–water partition coefficient (Wildman–Crippen LogP) is 4.12. The molecule has 5 nitrogen and oxygen atoms in total. The number of nitrogens with one attached hydrogen (secondary N) is 2. The predicted molar refractivity (Wildman–Crippen MR) is 106 cm³/mol. The monoisotopic (exact) mass is 368 g/mol. The maximum absolute atomic E-state index is 6.37. The highest BCUT2D eigenvalue weighted by molar-refractivity contribution is 6.33. The molecule has 0 aliphatic carbocycles. The van der Waals surface area contributed by atoms with Crippen LogP contribution in [0.1, 0.15) is 12.8 Å². The number of aromatic nitrogens is 2. The zero-order valence-corrected chi connectivity index (χ0v) is 15.4. The molecule has 6 heteroatoms. The molecule has 1 aliphatic heterocycles. The van der Waals surface area contributed by atoms with E-state index in [0.717, 1.165) is 53.7 Å². The smallest absolute Gasteiger partial charge is 0.223 e. The molecule has 1 aromatic heterocycles. The fourth-order valence-corrected chi connectivity index (χ4v) is 3.57. The van der Waals surface area contributed by atoms with Crippen molar-refractivity contribution in [2.75, 3.05) is 25.5 Å². The minimum Gasteiger partial charge on any atom is -0.496 e. The first kappa shape index (κ1) is 17.1. The lowest BCUT2D eigenvalue weighted by molar-refractivity contribution is 0.417. The van der Waals surface area contributed by atoms with Crippen LogP contribution in [0.4, 0.5) is 5.95 Å². The molecule has 1 saturated heterocycles. The average molecular weight is 369 g/mol. The van der Waals surface area contributed by atoms with E-state index in [1.807, 2.05) is 42.6 Å². The van der Waals surface area contributed by atoms with Gasteiger partial charge in [0.05, 0.1) is 12.6 Å². The zero-order chi connectivity index (χ0) is 17.9. The molecule has 1 aliphatic rings. The number of fused-ring (bicyclic) bond motifs is 1. The van der Waals surface area contributed by atoms with Crippen molar-refractivity contribution < 1.29 is 4.74 Å². The Kier molecular flexibility index (Phi) is 4.91. The van der Waals surface area contributed by atoms with Gasteiger partial charge in [-0.05, 0) is 38.1 Å². The van der Waals surface area contributed by atoms with E-state index >= 15 is 0 Å². The van der Waals surface area contributed by atoms with Crippen LogP contribution in [0.5, 0.6) is 5.75 Å². The quantitative estimate of drug-likeness (QED) is 0.725. The van der Waals surface area contributed by atoms with E-state index in [-0.39, 0.29) is 0 Å². The van der Waals surface area contributed by atoms with Crippen molar-refractivity contribution in [1.29, 1.82) is 0 Å². The third-order valence-electron chi connectivity index (χ3n) is 4.74. The van der Waals surface area contributed by atoms with Crippen molar-refractivity contribution in [2.45, 2.75) is 18.9 Å². The van der Waals surface area contributed by atoms with Gasteiger partial charge >= 0.3 is 0 Å². The molecule has 3 aromatic rings. The Hall–Kier alpha value is -2.37. The number of hydrogen-bond acceptors (Lipinski definition) is 5. The molecule has 0 saturated carbocycles. The van der Waals surface area contributed by atoms with Crippen molar-refractivity contribution in [3.8, 4) is 16.9 Å². The first-order chi connectivity index (χ1) is 12.7. The van der Waals surface area contributed by atoms with Gasteiger partial charge in [-0.25, -0.2) is 9.97 Å². The van der Waals surface area contributed by atoms with Crippen molar-refractivity contribution in [3.63, 3.8) is 0 Å². The van der Waals surface area contributed by atoms with Crippen LogP contribution in [0, 0.1) is 0 Å². The van der Waals surface area contributed by atoms with E-state index in [0.29, 0.717) is 17.0 Å². The van der Waals surface area contributed by atoms with Gasteiger partial charge in [-0.1, -0.05) is 29.8 Å². The molecule has 2 aromatic carbocycles. The van der Waals surface area contributed by atoms with E-state index in [9.17, 15) is 0 Å². The van der Waals surface area contributed by atoms with Gasteiger partial charge in [0.15, 0.2) is 0 Å². The minimum atomic E-state index is 0.415. The molecule has 0 unspecified atom stereocenters. The maximum Gasteiger partial charge on any atom is 0.223 e. The summed E-state index contributed by atoms with van der Waals surface area (Å²) in [6, 6.07) is 12.1. The summed E-state index contributed by atoms with van der Waals surface area (Å²) in [5, 5.41) is 8.45. The summed E-state index contributed by atoms with van der Waals surface area (Å²) in [4.78, 5) is 9.18. The fourth-order valence-electron chi connectivity index (χ4n) is 3.34. The number of methoxy groups -OCH3 is 1. The summed E-state index contributed by atoms with van der Waals surface area (Å²) >= 11 is 6.37. The first-order valence-corrected chi connectivity index (χ1v) is 9.19.